The van der Waals surface area contributed by atoms with Crippen molar-refractivity contribution >= 4 is 16.0 Å². The molecule has 0 aromatic heterocycles. The van der Waals surface area contributed by atoms with Gasteiger partial charge in [-0.3, -0.25) is 9.35 Å². The summed E-state index contributed by atoms with van der Waals surface area (Å²) in [4.78, 5) is 13.4. The number of amides is 1. The predicted octanol–water partition coefficient (Wildman–Crippen LogP) is 0.253. The van der Waals surface area contributed by atoms with Crippen molar-refractivity contribution in [3.05, 3.63) is 23.9 Å². The second kappa shape index (κ2) is 8.29. The lowest BCUT2D eigenvalue weighted by atomic mass is 10.2. The number of carbonyl (C=O) groups excluding carboxylic acids is 1. The molecule has 0 radical (unpaired) electrons. The van der Waals surface area contributed by atoms with Crippen molar-refractivity contribution in [3.63, 3.8) is 0 Å². The molecule has 106 valence electrons. The van der Waals surface area contributed by atoms with E-state index in [0.29, 0.717) is 0 Å². The van der Waals surface area contributed by atoms with E-state index in [4.69, 9.17) is 9.81 Å². The summed E-state index contributed by atoms with van der Waals surface area (Å²) in [5.41, 5.74) is -0.243. The Balaban J connectivity index is 4.66. The quantitative estimate of drug-likeness (QED) is 0.300. The first-order valence-electron chi connectivity index (χ1n) is 5.60. The van der Waals surface area contributed by atoms with Crippen molar-refractivity contribution in [2.45, 2.75) is 13.8 Å². The molecule has 0 atom stereocenters. The van der Waals surface area contributed by atoms with Crippen molar-refractivity contribution < 1.29 is 17.8 Å². The number of allylic oxidation sites excluding steroid dienone is 2. The maximum Gasteiger partial charge on any atom is 0.283 e. The van der Waals surface area contributed by atoms with Gasteiger partial charge in [0.15, 0.2) is 0 Å². The first-order chi connectivity index (χ1) is 8.84. The van der Waals surface area contributed by atoms with E-state index in [-0.39, 0.29) is 5.57 Å². The molecule has 19 heavy (non-hydrogen) atoms. The molecular weight excluding hydrogens is 270 g/mol. The average molecular weight is 287 g/mol. The monoisotopic (exact) mass is 287 g/mol. The van der Waals surface area contributed by atoms with Crippen LogP contribution < -0.4 is 5.32 Å². The van der Waals surface area contributed by atoms with E-state index in [9.17, 15) is 13.2 Å². The minimum atomic E-state index is -4.30. The van der Waals surface area contributed by atoms with Gasteiger partial charge in [-0.2, -0.15) is 13.7 Å². The molecule has 0 spiro atoms. The Kier molecular flexibility index (Phi) is 7.48. The van der Waals surface area contributed by atoms with Gasteiger partial charge in [-0.25, -0.2) is 0 Å². The molecule has 8 heteroatoms. The second-order valence-electron chi connectivity index (χ2n) is 3.49. The van der Waals surface area contributed by atoms with Gasteiger partial charge in [-0.1, -0.05) is 0 Å². The molecule has 7 nitrogen and oxygen atoms in total. The molecular formula is C11H17N3O4S. The Labute approximate surface area is 113 Å². The standard InChI is InChI=1S/C11H17N3O4S/c1-3-14(4-2)7-5-6-10(8-12)11(15)13-9-19(16,17)18/h5-7H,3-4,9H2,1-2H3,(H,13,15)(H,16,17,18). The summed E-state index contributed by atoms with van der Waals surface area (Å²) >= 11 is 0. The Hall–Kier alpha value is -1.85. The summed E-state index contributed by atoms with van der Waals surface area (Å²) in [7, 11) is -4.30. The highest BCUT2D eigenvalue weighted by atomic mass is 32.2. The maximum absolute atomic E-state index is 11.4. The van der Waals surface area contributed by atoms with Crippen molar-refractivity contribution in [2.75, 3.05) is 19.0 Å². The smallest absolute Gasteiger partial charge is 0.283 e. The zero-order valence-electron chi connectivity index (χ0n) is 10.8. The lowest BCUT2D eigenvalue weighted by Gasteiger charge is -2.13. The normalized spacial score (nSPS) is 12.2. The average Bonchev–Trinajstić information content (AvgIpc) is 2.35. The van der Waals surface area contributed by atoms with Crippen LogP contribution >= 0.6 is 0 Å². The summed E-state index contributed by atoms with van der Waals surface area (Å²) in [6, 6.07) is 1.65. The molecule has 0 fully saturated rings. The summed E-state index contributed by atoms with van der Waals surface area (Å²) in [6.45, 7) is 5.50. The van der Waals surface area contributed by atoms with Gasteiger partial charge in [0, 0.05) is 13.1 Å². The van der Waals surface area contributed by atoms with Gasteiger partial charge in [-0.05, 0) is 32.2 Å². The van der Waals surface area contributed by atoms with E-state index in [0.717, 1.165) is 13.1 Å². The van der Waals surface area contributed by atoms with Gasteiger partial charge in [0.1, 0.15) is 17.5 Å². The van der Waals surface area contributed by atoms with E-state index >= 15 is 0 Å². The number of carbonyl (C=O) groups is 1. The molecule has 0 saturated heterocycles. The van der Waals surface area contributed by atoms with Crippen LogP contribution in [0.25, 0.3) is 0 Å². The Morgan fingerprint density at radius 2 is 2.00 bits per heavy atom. The highest BCUT2D eigenvalue weighted by molar-refractivity contribution is 7.85. The largest absolute Gasteiger partial charge is 0.378 e. The van der Waals surface area contributed by atoms with Crippen LogP contribution in [-0.4, -0.2) is 42.7 Å². The first kappa shape index (κ1) is 17.2. The molecule has 0 aliphatic heterocycles. The third kappa shape index (κ3) is 7.96. The fourth-order valence-electron chi connectivity index (χ4n) is 1.11. The van der Waals surface area contributed by atoms with Crippen molar-refractivity contribution in [3.8, 4) is 6.07 Å². The summed E-state index contributed by atoms with van der Waals surface area (Å²) in [6.07, 6.45) is 4.52. The molecule has 0 aromatic carbocycles. The van der Waals surface area contributed by atoms with Crippen LogP contribution in [0.15, 0.2) is 23.9 Å². The van der Waals surface area contributed by atoms with Crippen LogP contribution in [0.4, 0.5) is 0 Å². The Bertz CT molecular complexity index is 499. The first-order valence-corrected chi connectivity index (χ1v) is 7.21. The van der Waals surface area contributed by atoms with E-state index in [2.05, 4.69) is 0 Å². The topological polar surface area (TPSA) is 111 Å². The van der Waals surface area contributed by atoms with Crippen LogP contribution in [0.5, 0.6) is 0 Å². The lowest BCUT2D eigenvalue weighted by Crippen LogP contribution is -2.30. The molecule has 0 aliphatic carbocycles. The van der Waals surface area contributed by atoms with Gasteiger partial charge in [-0.15, -0.1) is 0 Å². The third-order valence-electron chi connectivity index (χ3n) is 2.15. The number of hydrogen-bond donors (Lipinski definition) is 2. The number of hydrogen-bond acceptors (Lipinski definition) is 5. The SMILES string of the molecule is CCN(C=CC=C(C#N)C(=O)NCS(=O)(=O)O)CC. The molecule has 0 rings (SSSR count). The Morgan fingerprint density at radius 3 is 2.42 bits per heavy atom. The molecule has 1 amide bonds. The molecule has 2 N–H and O–H groups in total. The van der Waals surface area contributed by atoms with Gasteiger partial charge in [0.2, 0.25) is 0 Å². The van der Waals surface area contributed by atoms with Gasteiger partial charge >= 0.3 is 0 Å². The van der Waals surface area contributed by atoms with Crippen LogP contribution in [0.1, 0.15) is 13.8 Å². The van der Waals surface area contributed by atoms with E-state index in [1.165, 1.54) is 12.2 Å². The molecule has 0 aromatic rings. The van der Waals surface area contributed by atoms with E-state index in [1.54, 1.807) is 12.3 Å². The second-order valence-corrected chi connectivity index (χ2v) is 4.94. The summed E-state index contributed by atoms with van der Waals surface area (Å²) in [5.74, 6) is -1.78. The van der Waals surface area contributed by atoms with Crippen LogP contribution in [-0.2, 0) is 14.9 Å². The van der Waals surface area contributed by atoms with Gasteiger partial charge in [0.05, 0.1) is 0 Å². The van der Waals surface area contributed by atoms with Crippen LogP contribution in [0, 0.1) is 11.3 Å². The molecule has 0 aliphatic rings. The van der Waals surface area contributed by atoms with Crippen LogP contribution in [0.3, 0.4) is 0 Å². The van der Waals surface area contributed by atoms with E-state index < -0.39 is 21.9 Å². The maximum atomic E-state index is 11.4. The number of nitrogens with zero attached hydrogens (tertiary/aromatic N) is 2. The number of nitrogens with one attached hydrogen (secondary N) is 1. The zero-order valence-corrected chi connectivity index (χ0v) is 11.6. The van der Waals surface area contributed by atoms with Crippen molar-refractivity contribution in [1.82, 2.24) is 10.2 Å². The predicted molar refractivity (Wildman–Crippen MR) is 70.3 cm³/mol. The Morgan fingerprint density at radius 1 is 1.42 bits per heavy atom. The lowest BCUT2D eigenvalue weighted by molar-refractivity contribution is -0.116. The third-order valence-corrected chi connectivity index (χ3v) is 2.66. The van der Waals surface area contributed by atoms with Gasteiger partial charge < -0.3 is 10.2 Å². The van der Waals surface area contributed by atoms with Gasteiger partial charge in [0.25, 0.3) is 16.0 Å². The minimum Gasteiger partial charge on any atom is -0.378 e. The summed E-state index contributed by atoms with van der Waals surface area (Å²) in [5, 5.41) is 10.7. The minimum absolute atomic E-state index is 0.243. The van der Waals surface area contributed by atoms with E-state index in [1.807, 2.05) is 24.1 Å². The highest BCUT2D eigenvalue weighted by Gasteiger charge is 2.11. The molecule has 0 bridgehead atoms. The molecule has 0 unspecified atom stereocenters. The fourth-order valence-corrected chi connectivity index (χ4v) is 1.42. The fraction of sp³-hybridized carbons (Fsp3) is 0.455. The van der Waals surface area contributed by atoms with Crippen LogP contribution in [0.2, 0.25) is 0 Å². The van der Waals surface area contributed by atoms with Crippen molar-refractivity contribution in [2.24, 2.45) is 0 Å². The molecule has 0 heterocycles. The summed E-state index contributed by atoms with van der Waals surface area (Å²) < 4.78 is 29.4. The van der Waals surface area contributed by atoms with Crippen molar-refractivity contribution in [1.29, 1.82) is 5.26 Å². The highest BCUT2D eigenvalue weighted by Crippen LogP contribution is 1.96. The zero-order chi connectivity index (χ0) is 14.9. The molecule has 0 saturated carbocycles. The number of rotatable bonds is 7. The number of nitriles is 1.